The maximum atomic E-state index is 11.7. The average molecular weight is 404 g/mol. The molecule has 1 aliphatic heterocycles. The van der Waals surface area contributed by atoms with E-state index < -0.39 is 10.0 Å². The average Bonchev–Trinajstić information content (AvgIpc) is 3.51. The molecule has 1 aliphatic carbocycles. The lowest BCUT2D eigenvalue weighted by Gasteiger charge is -2.30. The van der Waals surface area contributed by atoms with Gasteiger partial charge in [0.1, 0.15) is 17.5 Å². The van der Waals surface area contributed by atoms with Crippen molar-refractivity contribution in [3.8, 4) is 0 Å². The van der Waals surface area contributed by atoms with Gasteiger partial charge in [0.15, 0.2) is 0 Å². The van der Waals surface area contributed by atoms with E-state index in [4.69, 9.17) is 10.1 Å². The Bertz CT molecular complexity index is 991. The molecule has 4 N–H and O–H groups in total. The van der Waals surface area contributed by atoms with Gasteiger partial charge in [0.2, 0.25) is 10.0 Å². The van der Waals surface area contributed by atoms with E-state index in [0.717, 1.165) is 48.6 Å². The second kappa shape index (κ2) is 7.31. The number of nitrogens with two attached hydrogens (primary N) is 1. The second-order valence-corrected chi connectivity index (χ2v) is 9.18. The predicted molar refractivity (Wildman–Crippen MR) is 107 cm³/mol. The van der Waals surface area contributed by atoms with Crippen LogP contribution in [0.25, 0.3) is 0 Å². The van der Waals surface area contributed by atoms with Gasteiger partial charge in [-0.3, -0.25) is 0 Å². The van der Waals surface area contributed by atoms with Crippen molar-refractivity contribution in [1.29, 1.82) is 0 Å². The van der Waals surface area contributed by atoms with E-state index in [-0.39, 0.29) is 17.5 Å². The number of anilines is 2. The van der Waals surface area contributed by atoms with E-state index in [9.17, 15) is 13.5 Å². The Kier molecular flexibility index (Phi) is 4.98. The van der Waals surface area contributed by atoms with Crippen molar-refractivity contribution in [3.63, 3.8) is 0 Å². The van der Waals surface area contributed by atoms with Crippen LogP contribution in [0.4, 0.5) is 11.6 Å². The Labute approximate surface area is 164 Å². The number of hydrogen-bond donors (Lipinski definition) is 3. The van der Waals surface area contributed by atoms with Crippen LogP contribution >= 0.6 is 0 Å². The molecule has 0 amide bonds. The van der Waals surface area contributed by atoms with Gasteiger partial charge in [-0.25, -0.2) is 23.5 Å². The molecular weight excluding hydrogens is 378 g/mol. The van der Waals surface area contributed by atoms with Crippen LogP contribution in [-0.2, 0) is 23.0 Å². The van der Waals surface area contributed by atoms with Gasteiger partial charge in [0.25, 0.3) is 0 Å². The quantitative estimate of drug-likeness (QED) is 0.666. The lowest BCUT2D eigenvalue weighted by molar-refractivity contribution is 0.281. The summed E-state index contributed by atoms with van der Waals surface area (Å²) in [5, 5.41) is 17.8. The first-order chi connectivity index (χ1) is 13.3. The summed E-state index contributed by atoms with van der Waals surface area (Å²) >= 11 is 0. The molecule has 2 aromatic rings. The minimum atomic E-state index is -3.73. The molecule has 9 heteroatoms. The van der Waals surface area contributed by atoms with Crippen LogP contribution in [0.2, 0.25) is 0 Å². The summed E-state index contributed by atoms with van der Waals surface area (Å²) in [5.74, 6) is 2.75. The van der Waals surface area contributed by atoms with Crippen LogP contribution in [0.1, 0.15) is 42.6 Å². The number of aliphatic hydroxyl groups is 1. The molecule has 8 nitrogen and oxygen atoms in total. The lowest BCUT2D eigenvalue weighted by atomic mass is 10.00. The molecule has 2 heterocycles. The van der Waals surface area contributed by atoms with Gasteiger partial charge in [-0.05, 0) is 49.4 Å². The van der Waals surface area contributed by atoms with Crippen molar-refractivity contribution in [3.05, 3.63) is 41.2 Å². The van der Waals surface area contributed by atoms with Crippen LogP contribution in [-0.4, -0.2) is 42.7 Å². The first-order valence-electron chi connectivity index (χ1n) is 9.49. The molecule has 1 atom stereocenters. The van der Waals surface area contributed by atoms with E-state index in [1.807, 2.05) is 19.1 Å². The number of primary sulfonamides is 1. The minimum Gasteiger partial charge on any atom is -0.394 e. The molecule has 0 radical (unpaired) electrons. The molecule has 150 valence electrons. The molecule has 0 unspecified atom stereocenters. The monoisotopic (exact) mass is 403 g/mol. The van der Waals surface area contributed by atoms with E-state index in [1.54, 1.807) is 12.1 Å². The van der Waals surface area contributed by atoms with Crippen LogP contribution in [0.5, 0.6) is 0 Å². The molecule has 0 spiro atoms. The SMILES string of the molecule is C[C@H](CO)Nc1cc(N2CCc3ccc(S(N)(=O)=O)cc3C2)nc(C2CC2)n1. The fraction of sp³-hybridized carbons (Fsp3) is 0.474. The Balaban J connectivity index is 1.64. The highest BCUT2D eigenvalue weighted by Crippen LogP contribution is 2.39. The highest BCUT2D eigenvalue weighted by molar-refractivity contribution is 7.89. The van der Waals surface area contributed by atoms with Crippen LogP contribution in [0.3, 0.4) is 0 Å². The van der Waals surface area contributed by atoms with Crippen molar-refractivity contribution in [1.82, 2.24) is 9.97 Å². The Hall–Kier alpha value is -2.23. The molecule has 1 fully saturated rings. The molecule has 1 aromatic carbocycles. The van der Waals surface area contributed by atoms with Crippen molar-refractivity contribution < 1.29 is 13.5 Å². The highest BCUT2D eigenvalue weighted by Gasteiger charge is 2.29. The Morgan fingerprint density at radius 3 is 2.75 bits per heavy atom. The standard InChI is InChI=1S/C19H25N5O3S/c1-12(11-25)21-17-9-18(23-19(22-17)14-2-3-14)24-7-6-13-4-5-16(28(20,26)27)8-15(13)10-24/h4-5,8-9,12,14,25H,2-3,6-7,10-11H2,1H3,(H2,20,26,27)(H,21,22,23)/t12-/m1/s1. The third kappa shape index (κ3) is 4.11. The molecule has 2 aliphatic rings. The number of rotatable bonds is 6. The molecule has 1 aromatic heterocycles. The predicted octanol–water partition coefficient (Wildman–Crippen LogP) is 1.36. The van der Waals surface area contributed by atoms with Crippen LogP contribution in [0.15, 0.2) is 29.2 Å². The van der Waals surface area contributed by atoms with Gasteiger partial charge in [-0.1, -0.05) is 6.07 Å². The first kappa shape index (κ1) is 19.1. The third-order valence-corrected chi connectivity index (χ3v) is 6.09. The summed E-state index contributed by atoms with van der Waals surface area (Å²) in [6, 6.07) is 6.86. The molecule has 0 bridgehead atoms. The van der Waals surface area contributed by atoms with E-state index >= 15 is 0 Å². The first-order valence-corrected chi connectivity index (χ1v) is 11.0. The zero-order chi connectivity index (χ0) is 19.9. The van der Waals surface area contributed by atoms with Crippen molar-refractivity contribution in [2.75, 3.05) is 23.4 Å². The molecular formula is C19H25N5O3S. The lowest BCUT2D eigenvalue weighted by Crippen LogP contribution is -2.32. The Morgan fingerprint density at radius 1 is 1.29 bits per heavy atom. The number of nitrogens with zero attached hydrogens (tertiary/aromatic N) is 3. The molecule has 4 rings (SSSR count). The van der Waals surface area contributed by atoms with Crippen molar-refractivity contribution in [2.24, 2.45) is 5.14 Å². The third-order valence-electron chi connectivity index (χ3n) is 5.18. The van der Waals surface area contributed by atoms with E-state index in [1.165, 1.54) is 0 Å². The summed E-state index contributed by atoms with van der Waals surface area (Å²) in [6.45, 7) is 3.27. The second-order valence-electron chi connectivity index (χ2n) is 7.62. The number of benzene rings is 1. The van der Waals surface area contributed by atoms with Gasteiger partial charge < -0.3 is 15.3 Å². The number of aromatic nitrogens is 2. The topological polar surface area (TPSA) is 121 Å². The number of fused-ring (bicyclic) bond motifs is 1. The summed E-state index contributed by atoms with van der Waals surface area (Å²) in [5.41, 5.74) is 2.08. The van der Waals surface area contributed by atoms with E-state index in [0.29, 0.717) is 18.3 Å². The zero-order valence-corrected chi connectivity index (χ0v) is 16.6. The van der Waals surface area contributed by atoms with Gasteiger partial charge in [0, 0.05) is 31.1 Å². The fourth-order valence-corrected chi connectivity index (χ4v) is 3.98. The highest BCUT2D eigenvalue weighted by atomic mass is 32.2. The summed E-state index contributed by atoms with van der Waals surface area (Å²) < 4.78 is 23.4. The normalized spacial score (nSPS) is 17.9. The number of sulfonamides is 1. The smallest absolute Gasteiger partial charge is 0.238 e. The van der Waals surface area contributed by atoms with Gasteiger partial charge in [0.05, 0.1) is 11.5 Å². The van der Waals surface area contributed by atoms with Crippen molar-refractivity contribution >= 4 is 21.7 Å². The summed E-state index contributed by atoms with van der Waals surface area (Å²) in [7, 11) is -3.73. The number of aliphatic hydroxyl groups excluding tert-OH is 1. The van der Waals surface area contributed by atoms with Gasteiger partial charge in [-0.15, -0.1) is 0 Å². The summed E-state index contributed by atoms with van der Waals surface area (Å²) in [6.07, 6.45) is 3.00. The van der Waals surface area contributed by atoms with Crippen LogP contribution in [0, 0.1) is 0 Å². The van der Waals surface area contributed by atoms with Gasteiger partial charge >= 0.3 is 0 Å². The fourth-order valence-electron chi connectivity index (χ4n) is 3.42. The van der Waals surface area contributed by atoms with Crippen LogP contribution < -0.4 is 15.4 Å². The Morgan fingerprint density at radius 2 is 2.07 bits per heavy atom. The van der Waals surface area contributed by atoms with Gasteiger partial charge in [-0.2, -0.15) is 0 Å². The molecule has 1 saturated carbocycles. The van der Waals surface area contributed by atoms with E-state index in [2.05, 4.69) is 15.2 Å². The largest absolute Gasteiger partial charge is 0.394 e. The van der Waals surface area contributed by atoms with Crippen molar-refractivity contribution in [2.45, 2.75) is 49.6 Å². The molecule has 0 saturated heterocycles. The molecule has 28 heavy (non-hydrogen) atoms. The maximum Gasteiger partial charge on any atom is 0.238 e. The minimum absolute atomic E-state index is 0.0194. The summed E-state index contributed by atoms with van der Waals surface area (Å²) in [4.78, 5) is 11.6. The number of nitrogens with one attached hydrogen (secondary N) is 1. The number of hydrogen-bond acceptors (Lipinski definition) is 7. The maximum absolute atomic E-state index is 11.7. The zero-order valence-electron chi connectivity index (χ0n) is 15.8.